The number of ether oxygens (including phenoxy) is 3. The normalized spacial score (nSPS) is 15.8. The fraction of sp³-hybridized carbons (Fsp3) is 0.300. The number of para-hydroxylation sites is 1. The summed E-state index contributed by atoms with van der Waals surface area (Å²) in [4.78, 5) is 24.6. The molecule has 1 aliphatic rings. The molecular formula is C30H35N5O6. The number of hydrazone groups is 1. The Labute approximate surface area is 238 Å². The van der Waals surface area contributed by atoms with Gasteiger partial charge in [0.2, 0.25) is 0 Å². The van der Waals surface area contributed by atoms with Crippen LogP contribution in [0, 0.1) is 6.92 Å². The second-order valence-electron chi connectivity index (χ2n) is 9.33. The molecule has 0 unspecified atom stereocenters. The van der Waals surface area contributed by atoms with Crippen LogP contribution in [0.25, 0.3) is 10.9 Å². The Balaban J connectivity index is 1.47. The molecule has 1 aromatic heterocycles. The van der Waals surface area contributed by atoms with E-state index in [1.165, 1.54) is 7.11 Å². The van der Waals surface area contributed by atoms with Gasteiger partial charge in [-0.1, -0.05) is 30.3 Å². The second-order valence-corrected chi connectivity index (χ2v) is 9.33. The van der Waals surface area contributed by atoms with Crippen LogP contribution < -0.4 is 25.5 Å². The largest absolute Gasteiger partial charge is 0.490 e. The minimum atomic E-state index is -1.11. The number of amides is 2. The maximum absolute atomic E-state index is 12.4. The number of aliphatic hydroxyl groups is 1. The van der Waals surface area contributed by atoms with Gasteiger partial charge in [0.1, 0.15) is 6.61 Å². The first-order valence-corrected chi connectivity index (χ1v) is 13.2. The predicted molar refractivity (Wildman–Crippen MR) is 156 cm³/mol. The highest BCUT2D eigenvalue weighted by Gasteiger charge is 2.32. The van der Waals surface area contributed by atoms with E-state index < -0.39 is 24.3 Å². The number of aromatic nitrogens is 1. The van der Waals surface area contributed by atoms with Crippen molar-refractivity contribution in [3.05, 3.63) is 83.2 Å². The number of methoxy groups -OCH3 is 1. The lowest BCUT2D eigenvalue weighted by atomic mass is 9.95. The summed E-state index contributed by atoms with van der Waals surface area (Å²) >= 11 is 0. The number of urea groups is 1. The zero-order valence-corrected chi connectivity index (χ0v) is 23.6. The van der Waals surface area contributed by atoms with Gasteiger partial charge in [0.15, 0.2) is 17.7 Å². The van der Waals surface area contributed by atoms with Gasteiger partial charge in [-0.3, -0.25) is 5.43 Å². The van der Waals surface area contributed by atoms with Crippen molar-refractivity contribution in [2.24, 2.45) is 5.10 Å². The molecule has 41 heavy (non-hydrogen) atoms. The van der Waals surface area contributed by atoms with E-state index >= 15 is 0 Å². The van der Waals surface area contributed by atoms with Gasteiger partial charge in [0.25, 0.3) is 0 Å². The van der Waals surface area contributed by atoms with E-state index in [9.17, 15) is 14.7 Å². The smallest absolute Gasteiger partial charge is 0.337 e. The molecule has 0 fully saturated rings. The van der Waals surface area contributed by atoms with E-state index in [0.29, 0.717) is 35.9 Å². The first-order chi connectivity index (χ1) is 19.8. The van der Waals surface area contributed by atoms with Crippen molar-refractivity contribution in [1.82, 2.24) is 20.6 Å². The maximum Gasteiger partial charge on any atom is 0.337 e. The van der Waals surface area contributed by atoms with Gasteiger partial charge in [-0.25, -0.2) is 9.59 Å². The number of fused-ring (bicyclic) bond motifs is 1. The van der Waals surface area contributed by atoms with Crippen LogP contribution in [0.3, 0.4) is 0 Å². The fourth-order valence-corrected chi connectivity index (χ4v) is 4.80. The summed E-state index contributed by atoms with van der Waals surface area (Å²) in [5.74, 6) is 0.207. The third-order valence-electron chi connectivity index (χ3n) is 6.68. The molecule has 0 saturated carbocycles. The minimum Gasteiger partial charge on any atom is -0.490 e. The van der Waals surface area contributed by atoms with Gasteiger partial charge in [0.05, 0.1) is 31.5 Å². The van der Waals surface area contributed by atoms with E-state index in [4.69, 9.17) is 14.2 Å². The lowest BCUT2D eigenvalue weighted by Gasteiger charge is -2.28. The van der Waals surface area contributed by atoms with Gasteiger partial charge < -0.3 is 34.5 Å². The van der Waals surface area contributed by atoms with Gasteiger partial charge >= 0.3 is 12.0 Å². The Hall–Kier alpha value is -4.77. The topological polar surface area (TPSA) is 135 Å². The number of hydrogen-bond acceptors (Lipinski definition) is 8. The molecule has 0 radical (unpaired) electrons. The Kier molecular flexibility index (Phi) is 9.30. The zero-order chi connectivity index (χ0) is 29.5. The second kappa shape index (κ2) is 13.1. The van der Waals surface area contributed by atoms with Gasteiger partial charge in [0, 0.05) is 34.4 Å². The Bertz CT molecular complexity index is 1510. The summed E-state index contributed by atoms with van der Waals surface area (Å²) in [6.07, 6.45) is 2.42. The van der Waals surface area contributed by atoms with Crippen molar-refractivity contribution in [2.75, 3.05) is 20.3 Å². The quantitative estimate of drug-likeness (QED) is 0.0871. The number of aliphatic hydroxyl groups excluding tert-OH is 1. The molecule has 2 atom stereocenters. The van der Waals surface area contributed by atoms with Crippen molar-refractivity contribution < 1.29 is 28.9 Å². The van der Waals surface area contributed by atoms with Crippen LogP contribution >= 0.6 is 0 Å². The molecule has 4 N–H and O–H groups in total. The third kappa shape index (κ3) is 6.36. The summed E-state index contributed by atoms with van der Waals surface area (Å²) in [7, 11) is 1.28. The Morgan fingerprint density at radius 2 is 2.00 bits per heavy atom. The van der Waals surface area contributed by atoms with Crippen molar-refractivity contribution in [2.45, 2.75) is 39.6 Å². The van der Waals surface area contributed by atoms with Crippen molar-refractivity contribution in [3.63, 3.8) is 0 Å². The van der Waals surface area contributed by atoms with Crippen LogP contribution in [0.15, 0.2) is 71.5 Å². The summed E-state index contributed by atoms with van der Waals surface area (Å²) in [6.45, 7) is 10.2. The van der Waals surface area contributed by atoms with Crippen LogP contribution in [0.4, 0.5) is 4.79 Å². The monoisotopic (exact) mass is 561 g/mol. The molecule has 216 valence electrons. The highest BCUT2D eigenvalue weighted by atomic mass is 16.5. The molecule has 2 aromatic carbocycles. The fourth-order valence-electron chi connectivity index (χ4n) is 4.80. The highest BCUT2D eigenvalue weighted by Crippen LogP contribution is 2.35. The third-order valence-corrected chi connectivity index (χ3v) is 6.68. The number of esters is 1. The van der Waals surface area contributed by atoms with Gasteiger partial charge in [-0.2, -0.15) is 5.10 Å². The minimum absolute atomic E-state index is 0.121. The van der Waals surface area contributed by atoms with Crippen molar-refractivity contribution in [1.29, 1.82) is 0 Å². The number of carbonyl (C=O) groups excluding carboxylic acids is 2. The van der Waals surface area contributed by atoms with Crippen molar-refractivity contribution in [3.8, 4) is 11.5 Å². The molecule has 2 amide bonds. The number of hydrogen-bond donors (Lipinski definition) is 4. The van der Waals surface area contributed by atoms with E-state index in [2.05, 4.69) is 32.3 Å². The number of allylic oxidation sites excluding steroid dienone is 2. The number of carbonyl (C=O) groups is 2. The van der Waals surface area contributed by atoms with Gasteiger partial charge in [-0.05, 0) is 44.5 Å². The standard InChI is InChI=1S/C30H35N5O6/c1-6-14-35-19(4)22(21-10-8-9-11-23(21)35)16-31-34-26(36)17-41-24-13-12-20(15-25(24)40-7-2)28-27(29(37)39-5)18(3)32-30(38)33-28/h6,8-13,15-16,26,28,34,36H,1,7,14,17H2,2-5H3,(H2,32,33,38)/b31-16-/t26-,28+/m0/s1. The molecule has 0 spiro atoms. The van der Waals surface area contributed by atoms with Crippen LogP contribution in [-0.2, 0) is 16.1 Å². The molecule has 11 nitrogen and oxygen atoms in total. The molecule has 0 bridgehead atoms. The molecular weight excluding hydrogens is 526 g/mol. The SMILES string of the molecule is C=CCn1c(C)c(/C=N\N[C@@H](O)COc2ccc([C@H]3NC(=O)NC(C)=C3C(=O)OC)cc2OCC)c2ccccc21. The summed E-state index contributed by atoms with van der Waals surface area (Å²) < 4.78 is 18.7. The van der Waals surface area contributed by atoms with Crippen molar-refractivity contribution >= 4 is 29.1 Å². The predicted octanol–water partition coefficient (Wildman–Crippen LogP) is 3.66. The number of benzene rings is 2. The Morgan fingerprint density at radius 3 is 2.73 bits per heavy atom. The average Bonchev–Trinajstić information content (AvgIpc) is 3.22. The molecule has 1 aliphatic heterocycles. The van der Waals surface area contributed by atoms with E-state index in [0.717, 1.165) is 22.2 Å². The summed E-state index contributed by atoms with van der Waals surface area (Å²) in [5, 5.41) is 21.1. The summed E-state index contributed by atoms with van der Waals surface area (Å²) in [6, 6.07) is 11.9. The molecule has 4 rings (SSSR count). The highest BCUT2D eigenvalue weighted by molar-refractivity contribution is 6.01. The lowest BCUT2D eigenvalue weighted by Crippen LogP contribution is -2.45. The Morgan fingerprint density at radius 1 is 1.22 bits per heavy atom. The van der Waals surface area contributed by atoms with Crippen LogP contribution in [-0.4, -0.2) is 54.4 Å². The molecule has 2 heterocycles. The van der Waals surface area contributed by atoms with Gasteiger partial charge in [-0.15, -0.1) is 6.58 Å². The first-order valence-electron chi connectivity index (χ1n) is 13.2. The maximum atomic E-state index is 12.4. The first kappa shape index (κ1) is 29.2. The van der Waals surface area contributed by atoms with E-state index in [1.807, 2.05) is 44.2 Å². The molecule has 3 aromatic rings. The summed E-state index contributed by atoms with van der Waals surface area (Å²) in [5.41, 5.74) is 7.04. The van der Waals surface area contributed by atoms with Crippen LogP contribution in [0.1, 0.15) is 36.7 Å². The molecule has 0 saturated heterocycles. The number of nitrogens with one attached hydrogen (secondary N) is 3. The van der Waals surface area contributed by atoms with Crippen LogP contribution in [0.2, 0.25) is 0 Å². The number of nitrogens with zero attached hydrogens (tertiary/aromatic N) is 2. The average molecular weight is 562 g/mol. The lowest BCUT2D eigenvalue weighted by molar-refractivity contribution is -0.136. The van der Waals surface area contributed by atoms with E-state index in [-0.39, 0.29) is 12.2 Å². The van der Waals surface area contributed by atoms with Crippen LogP contribution in [0.5, 0.6) is 11.5 Å². The zero-order valence-electron chi connectivity index (χ0n) is 23.6. The number of rotatable bonds is 12. The van der Waals surface area contributed by atoms with E-state index in [1.54, 1.807) is 31.3 Å². The molecule has 11 heteroatoms. The molecule has 0 aliphatic carbocycles.